The average Bonchev–Trinajstić information content (AvgIpc) is 3.58. The first-order valence-corrected chi connectivity index (χ1v) is 14.0. The highest BCUT2D eigenvalue weighted by Gasteiger charge is 2.51. The Hall–Kier alpha value is -4.23. The van der Waals surface area contributed by atoms with Gasteiger partial charge in [0.15, 0.2) is 11.5 Å². The summed E-state index contributed by atoms with van der Waals surface area (Å²) in [7, 11) is 0. The number of nitrogens with zero attached hydrogens (tertiary/aromatic N) is 5. The lowest BCUT2D eigenvalue weighted by Crippen LogP contribution is -2.57. The van der Waals surface area contributed by atoms with Gasteiger partial charge in [0.25, 0.3) is 5.91 Å². The van der Waals surface area contributed by atoms with Gasteiger partial charge in [-0.25, -0.2) is 13.5 Å². The number of amides is 2. The Labute approximate surface area is 257 Å². The van der Waals surface area contributed by atoms with Gasteiger partial charge in [0, 0.05) is 36.7 Å². The van der Waals surface area contributed by atoms with Crippen LogP contribution in [0, 0.1) is 11.6 Å². The number of likely N-dealkylation sites (tertiary alicyclic amines) is 1. The predicted molar refractivity (Wildman–Crippen MR) is 152 cm³/mol. The van der Waals surface area contributed by atoms with E-state index in [0.717, 1.165) is 10.7 Å². The van der Waals surface area contributed by atoms with Gasteiger partial charge >= 0.3 is 6.18 Å². The number of pyridine rings is 1. The van der Waals surface area contributed by atoms with Crippen molar-refractivity contribution >= 4 is 40.7 Å². The van der Waals surface area contributed by atoms with Crippen molar-refractivity contribution in [3.63, 3.8) is 0 Å². The lowest BCUT2D eigenvalue weighted by atomic mass is 9.85. The van der Waals surface area contributed by atoms with Crippen LogP contribution in [0.5, 0.6) is 0 Å². The van der Waals surface area contributed by atoms with E-state index >= 15 is 0 Å². The van der Waals surface area contributed by atoms with Crippen molar-refractivity contribution in [2.45, 2.75) is 24.6 Å². The van der Waals surface area contributed by atoms with E-state index in [1.54, 1.807) is 17.0 Å². The van der Waals surface area contributed by atoms with Gasteiger partial charge in [0.05, 0.1) is 33.7 Å². The van der Waals surface area contributed by atoms with Crippen molar-refractivity contribution in [2.24, 2.45) is 0 Å². The van der Waals surface area contributed by atoms with Gasteiger partial charge in [-0.05, 0) is 61.4 Å². The van der Waals surface area contributed by atoms with Crippen molar-refractivity contribution in [2.75, 3.05) is 24.7 Å². The minimum absolute atomic E-state index is 0.0671. The number of alkyl halides is 3. The van der Waals surface area contributed by atoms with E-state index in [1.807, 2.05) is 0 Å². The molecule has 1 N–H and O–H groups in total. The zero-order valence-electron chi connectivity index (χ0n) is 22.5. The molecular formula is C29H21Cl2F5N6O2. The lowest BCUT2D eigenvalue weighted by molar-refractivity contribution is -0.140. The molecule has 2 saturated heterocycles. The molecule has 0 saturated carbocycles. The van der Waals surface area contributed by atoms with Crippen LogP contribution in [0.4, 0.5) is 27.6 Å². The number of halogens is 7. The molecule has 44 heavy (non-hydrogen) atoms. The summed E-state index contributed by atoms with van der Waals surface area (Å²) in [6.45, 7) is 0.395. The summed E-state index contributed by atoms with van der Waals surface area (Å²) in [5, 5.41) is 6.74. The molecule has 0 radical (unpaired) electrons. The third-order valence-corrected chi connectivity index (χ3v) is 8.43. The molecule has 2 aliphatic heterocycles. The highest BCUT2D eigenvalue weighted by Crippen LogP contribution is 2.40. The molecule has 0 atom stereocenters. The SMILES string of the molecule is O=C(c1cc(-c2cccnc2)n(-c2ccc(F)c(C(F)(F)F)c2)n1)N1CCC2(CC1)C(=O)NCN2c1cc(Cl)c(F)c(Cl)c1. The first-order valence-electron chi connectivity index (χ1n) is 13.3. The quantitative estimate of drug-likeness (QED) is 0.213. The van der Waals surface area contributed by atoms with Crippen LogP contribution in [-0.2, 0) is 11.0 Å². The molecule has 4 aromatic rings. The number of anilines is 1. The molecule has 0 aliphatic carbocycles. The Balaban J connectivity index is 1.30. The molecule has 2 aromatic heterocycles. The maximum Gasteiger partial charge on any atom is 0.419 e. The van der Waals surface area contributed by atoms with E-state index in [4.69, 9.17) is 23.2 Å². The van der Waals surface area contributed by atoms with Gasteiger partial charge in [0.1, 0.15) is 11.4 Å². The molecular weight excluding hydrogens is 630 g/mol. The minimum Gasteiger partial charge on any atom is -0.339 e. The number of carbonyl (C=O) groups is 2. The van der Waals surface area contributed by atoms with Crippen molar-refractivity contribution in [1.82, 2.24) is 25.0 Å². The van der Waals surface area contributed by atoms with E-state index < -0.39 is 34.8 Å². The molecule has 1 spiro atoms. The van der Waals surface area contributed by atoms with E-state index in [1.165, 1.54) is 35.5 Å². The van der Waals surface area contributed by atoms with Gasteiger partial charge < -0.3 is 15.1 Å². The minimum atomic E-state index is -4.95. The maximum absolute atomic E-state index is 14.1. The third-order valence-electron chi connectivity index (χ3n) is 7.88. The van der Waals surface area contributed by atoms with Crippen molar-refractivity contribution in [3.8, 4) is 16.9 Å². The fourth-order valence-electron chi connectivity index (χ4n) is 5.63. The standard InChI is InChI=1S/C29H21Cl2F5N6O2/c30-20-11-18(12-21(31)25(20)33)41-15-38-27(44)28(41)5-8-40(9-6-28)26(43)23-13-24(16-2-1-7-37-14-16)42(39-23)17-3-4-22(32)19(10-17)29(34,35)36/h1-4,7,10-14H,5-6,8-9,15H2,(H,38,44). The smallest absolute Gasteiger partial charge is 0.339 e. The summed E-state index contributed by atoms with van der Waals surface area (Å²) in [4.78, 5) is 34.0. The van der Waals surface area contributed by atoms with Gasteiger partial charge in [-0.3, -0.25) is 14.6 Å². The summed E-state index contributed by atoms with van der Waals surface area (Å²) >= 11 is 12.0. The number of hydrogen-bond donors (Lipinski definition) is 1. The van der Waals surface area contributed by atoms with Gasteiger partial charge in [-0.1, -0.05) is 23.2 Å². The van der Waals surface area contributed by atoms with E-state index in [2.05, 4.69) is 15.4 Å². The molecule has 2 aliphatic rings. The molecule has 0 unspecified atom stereocenters. The van der Waals surface area contributed by atoms with Crippen LogP contribution in [0.1, 0.15) is 28.9 Å². The number of rotatable bonds is 4. The van der Waals surface area contributed by atoms with Crippen LogP contribution in [-0.4, -0.2) is 56.8 Å². The fourth-order valence-corrected chi connectivity index (χ4v) is 6.10. The summed E-state index contributed by atoms with van der Waals surface area (Å²) in [6.07, 6.45) is -1.56. The predicted octanol–water partition coefficient (Wildman–Crippen LogP) is 6.11. The number of carbonyl (C=O) groups excluding carboxylic acids is 2. The summed E-state index contributed by atoms with van der Waals surface area (Å²) < 4.78 is 69.7. The number of hydrogen-bond acceptors (Lipinski definition) is 5. The lowest BCUT2D eigenvalue weighted by Gasteiger charge is -2.43. The van der Waals surface area contributed by atoms with Crippen molar-refractivity contribution in [3.05, 3.63) is 93.9 Å². The van der Waals surface area contributed by atoms with E-state index in [9.17, 15) is 31.5 Å². The number of aromatic nitrogens is 3. The van der Waals surface area contributed by atoms with Gasteiger partial charge in [-0.15, -0.1) is 0 Å². The summed E-state index contributed by atoms with van der Waals surface area (Å²) in [6, 6.07) is 9.91. The Morgan fingerprint density at radius 3 is 2.32 bits per heavy atom. The molecule has 228 valence electrons. The second kappa shape index (κ2) is 11.0. The van der Waals surface area contributed by atoms with Crippen molar-refractivity contribution in [1.29, 1.82) is 0 Å². The first kappa shape index (κ1) is 29.8. The zero-order valence-corrected chi connectivity index (χ0v) is 24.0. The van der Waals surface area contributed by atoms with Crippen LogP contribution >= 0.6 is 23.2 Å². The molecule has 8 nitrogen and oxygen atoms in total. The van der Waals surface area contributed by atoms with E-state index in [0.29, 0.717) is 23.4 Å². The van der Waals surface area contributed by atoms with Gasteiger partial charge in [0.2, 0.25) is 5.91 Å². The van der Waals surface area contributed by atoms with E-state index in [-0.39, 0.29) is 65.6 Å². The number of piperidine rings is 1. The Bertz CT molecular complexity index is 1750. The molecule has 6 rings (SSSR count). The Morgan fingerprint density at radius 1 is 0.977 bits per heavy atom. The summed E-state index contributed by atoms with van der Waals surface area (Å²) in [5.74, 6) is -2.99. The first-order chi connectivity index (χ1) is 20.9. The second-order valence-electron chi connectivity index (χ2n) is 10.4. The normalized spacial score (nSPS) is 16.5. The maximum atomic E-state index is 14.1. The van der Waals surface area contributed by atoms with Crippen LogP contribution in [0.2, 0.25) is 10.0 Å². The summed E-state index contributed by atoms with van der Waals surface area (Å²) in [5.41, 5.74) is -1.53. The van der Waals surface area contributed by atoms with Crippen molar-refractivity contribution < 1.29 is 31.5 Å². The molecule has 2 amide bonds. The number of benzene rings is 2. The molecule has 2 aromatic carbocycles. The zero-order chi connectivity index (χ0) is 31.4. The molecule has 0 bridgehead atoms. The Kier molecular flexibility index (Phi) is 7.49. The molecule has 15 heteroatoms. The van der Waals surface area contributed by atoms with Crippen LogP contribution in [0.25, 0.3) is 16.9 Å². The highest BCUT2D eigenvalue weighted by molar-refractivity contribution is 6.35. The average molecular weight is 651 g/mol. The monoisotopic (exact) mass is 650 g/mol. The highest BCUT2D eigenvalue weighted by atomic mass is 35.5. The number of nitrogens with one attached hydrogen (secondary N) is 1. The van der Waals surface area contributed by atoms with Gasteiger partial charge in [-0.2, -0.15) is 18.3 Å². The fraction of sp³-hybridized carbons (Fsp3) is 0.241. The molecule has 2 fully saturated rings. The molecule has 4 heterocycles. The second-order valence-corrected chi connectivity index (χ2v) is 11.2. The topological polar surface area (TPSA) is 83.4 Å². The van der Waals surface area contributed by atoms with Crippen LogP contribution < -0.4 is 10.2 Å². The van der Waals surface area contributed by atoms with Crippen LogP contribution in [0.3, 0.4) is 0 Å². The largest absolute Gasteiger partial charge is 0.419 e. The van der Waals surface area contributed by atoms with Crippen LogP contribution in [0.15, 0.2) is 60.9 Å². The third kappa shape index (κ3) is 5.13. The Morgan fingerprint density at radius 2 is 1.68 bits per heavy atom.